The molecule has 0 bridgehead atoms. The van der Waals surface area contributed by atoms with Crippen molar-refractivity contribution in [3.8, 4) is 5.75 Å². The number of rotatable bonds is 8. The van der Waals surface area contributed by atoms with Crippen molar-refractivity contribution in [2.45, 2.75) is 38.7 Å². The summed E-state index contributed by atoms with van der Waals surface area (Å²) < 4.78 is 5.80. The number of amides is 1. The van der Waals surface area contributed by atoms with Crippen molar-refractivity contribution < 1.29 is 9.53 Å². The molecule has 0 fully saturated rings. The number of fused-ring (bicyclic) bond motifs is 1. The van der Waals surface area contributed by atoms with Gasteiger partial charge in [0.05, 0.1) is 0 Å². The molecule has 1 atom stereocenters. The largest absolute Gasteiger partial charge is 0.481 e. The first-order valence-electron chi connectivity index (χ1n) is 9.60. The van der Waals surface area contributed by atoms with E-state index in [0.717, 1.165) is 25.3 Å². The van der Waals surface area contributed by atoms with Gasteiger partial charge in [0.2, 0.25) is 0 Å². The van der Waals surface area contributed by atoms with Gasteiger partial charge < -0.3 is 15.0 Å². The van der Waals surface area contributed by atoms with Crippen LogP contribution < -0.4 is 15.0 Å². The quantitative estimate of drug-likeness (QED) is 0.735. The zero-order chi connectivity index (χ0) is 18.2. The Kier molecular flexibility index (Phi) is 6.53. The summed E-state index contributed by atoms with van der Waals surface area (Å²) in [5.74, 6) is 0.704. The van der Waals surface area contributed by atoms with Crippen LogP contribution in [0.3, 0.4) is 0 Å². The van der Waals surface area contributed by atoms with Gasteiger partial charge in [-0.15, -0.1) is 0 Å². The van der Waals surface area contributed by atoms with Crippen LogP contribution in [-0.4, -0.2) is 31.6 Å². The summed E-state index contributed by atoms with van der Waals surface area (Å²) in [6.07, 6.45) is 3.51. The molecule has 0 unspecified atom stereocenters. The third-order valence-corrected chi connectivity index (χ3v) is 4.80. The van der Waals surface area contributed by atoms with Gasteiger partial charge in [0.15, 0.2) is 6.10 Å². The normalized spacial score (nSPS) is 14.4. The van der Waals surface area contributed by atoms with Crippen molar-refractivity contribution in [3.63, 3.8) is 0 Å². The summed E-state index contributed by atoms with van der Waals surface area (Å²) in [7, 11) is 0. The van der Waals surface area contributed by atoms with Gasteiger partial charge in [-0.2, -0.15) is 0 Å². The van der Waals surface area contributed by atoms with E-state index in [2.05, 4.69) is 34.5 Å². The maximum Gasteiger partial charge on any atom is 0.261 e. The van der Waals surface area contributed by atoms with E-state index in [4.69, 9.17) is 4.74 Å². The van der Waals surface area contributed by atoms with E-state index < -0.39 is 6.10 Å². The molecule has 1 aliphatic heterocycles. The number of nitrogens with one attached hydrogen (secondary N) is 1. The average Bonchev–Trinajstić information content (AvgIpc) is 2.70. The minimum Gasteiger partial charge on any atom is -0.481 e. The Bertz CT molecular complexity index is 702. The number of anilines is 1. The lowest BCUT2D eigenvalue weighted by Crippen LogP contribution is -2.39. The molecule has 0 aromatic heterocycles. The maximum atomic E-state index is 12.4. The smallest absolute Gasteiger partial charge is 0.261 e. The standard InChI is InChI=1S/C22H28N2O2/c1-2-21(26-19-12-4-3-5-13-19)22(25)23-15-9-17-24-16-8-11-18-10-6-7-14-20(18)24/h3-7,10,12-14,21H,2,8-9,11,15-17H2,1H3,(H,23,25)/t21-/m0/s1. The molecule has 0 radical (unpaired) electrons. The minimum absolute atomic E-state index is 0.0320. The second-order valence-corrected chi connectivity index (χ2v) is 6.69. The zero-order valence-corrected chi connectivity index (χ0v) is 15.5. The minimum atomic E-state index is -0.437. The molecule has 2 aromatic carbocycles. The molecule has 1 heterocycles. The van der Waals surface area contributed by atoms with Gasteiger partial charge >= 0.3 is 0 Å². The number of carbonyl (C=O) groups is 1. The van der Waals surface area contributed by atoms with Crippen molar-refractivity contribution in [2.75, 3.05) is 24.5 Å². The SMILES string of the molecule is CC[C@H](Oc1ccccc1)C(=O)NCCCN1CCCc2ccccc21. The number of aryl methyl sites for hydroxylation is 1. The van der Waals surface area contributed by atoms with Crippen molar-refractivity contribution in [1.82, 2.24) is 5.32 Å². The van der Waals surface area contributed by atoms with Crippen LogP contribution in [0.25, 0.3) is 0 Å². The van der Waals surface area contributed by atoms with Crippen LogP contribution in [0.4, 0.5) is 5.69 Å². The summed E-state index contributed by atoms with van der Waals surface area (Å²) in [5, 5.41) is 3.03. The van der Waals surface area contributed by atoms with Crippen molar-refractivity contribution in [3.05, 3.63) is 60.2 Å². The average molecular weight is 352 g/mol. The van der Waals surface area contributed by atoms with Crippen LogP contribution in [0.5, 0.6) is 5.75 Å². The molecule has 4 heteroatoms. The Morgan fingerprint density at radius 3 is 2.73 bits per heavy atom. The van der Waals surface area contributed by atoms with E-state index in [9.17, 15) is 4.79 Å². The first kappa shape index (κ1) is 18.3. The Morgan fingerprint density at radius 2 is 1.92 bits per heavy atom. The predicted octanol–water partition coefficient (Wildman–Crippen LogP) is 3.80. The van der Waals surface area contributed by atoms with Crippen molar-refractivity contribution in [1.29, 1.82) is 0 Å². The summed E-state index contributed by atoms with van der Waals surface area (Å²) in [6.45, 7) is 4.71. The van der Waals surface area contributed by atoms with Crippen molar-refractivity contribution >= 4 is 11.6 Å². The highest BCUT2D eigenvalue weighted by atomic mass is 16.5. The van der Waals surface area contributed by atoms with E-state index >= 15 is 0 Å². The van der Waals surface area contributed by atoms with Gasteiger partial charge in [0, 0.05) is 25.3 Å². The van der Waals surface area contributed by atoms with Gasteiger partial charge in [-0.05, 0) is 49.4 Å². The number of benzene rings is 2. The number of hydrogen-bond acceptors (Lipinski definition) is 3. The molecular formula is C22H28N2O2. The van der Waals surface area contributed by atoms with E-state index in [1.54, 1.807) is 0 Å². The molecule has 0 saturated heterocycles. The Hall–Kier alpha value is -2.49. The number of para-hydroxylation sites is 2. The molecule has 0 saturated carbocycles. The van der Waals surface area contributed by atoms with Crippen LogP contribution in [0, 0.1) is 0 Å². The number of ether oxygens (including phenoxy) is 1. The molecule has 26 heavy (non-hydrogen) atoms. The topological polar surface area (TPSA) is 41.6 Å². The second kappa shape index (κ2) is 9.27. The lowest BCUT2D eigenvalue weighted by atomic mass is 10.0. The van der Waals surface area contributed by atoms with Crippen LogP contribution in [0.2, 0.25) is 0 Å². The maximum absolute atomic E-state index is 12.4. The Balaban J connectivity index is 1.44. The van der Waals surface area contributed by atoms with E-state index in [1.807, 2.05) is 37.3 Å². The van der Waals surface area contributed by atoms with E-state index in [-0.39, 0.29) is 5.91 Å². The highest BCUT2D eigenvalue weighted by Crippen LogP contribution is 2.26. The number of carbonyl (C=O) groups excluding carboxylic acids is 1. The lowest BCUT2D eigenvalue weighted by molar-refractivity contribution is -0.128. The van der Waals surface area contributed by atoms with E-state index in [0.29, 0.717) is 13.0 Å². The molecule has 1 aliphatic rings. The molecule has 0 spiro atoms. The second-order valence-electron chi connectivity index (χ2n) is 6.69. The highest BCUT2D eigenvalue weighted by Gasteiger charge is 2.19. The van der Waals surface area contributed by atoms with Crippen LogP contribution in [0.15, 0.2) is 54.6 Å². The third kappa shape index (κ3) is 4.78. The molecule has 3 rings (SSSR count). The Morgan fingerprint density at radius 1 is 1.15 bits per heavy atom. The molecular weight excluding hydrogens is 324 g/mol. The van der Waals surface area contributed by atoms with Gasteiger partial charge in [-0.1, -0.05) is 43.3 Å². The van der Waals surface area contributed by atoms with Crippen LogP contribution in [-0.2, 0) is 11.2 Å². The molecule has 1 amide bonds. The number of nitrogens with zero attached hydrogens (tertiary/aromatic N) is 1. The fraction of sp³-hybridized carbons (Fsp3) is 0.409. The summed E-state index contributed by atoms with van der Waals surface area (Å²) in [4.78, 5) is 14.8. The summed E-state index contributed by atoms with van der Waals surface area (Å²) in [5.41, 5.74) is 2.79. The summed E-state index contributed by atoms with van der Waals surface area (Å²) >= 11 is 0. The summed E-state index contributed by atoms with van der Waals surface area (Å²) in [6, 6.07) is 18.2. The van der Waals surface area contributed by atoms with Crippen molar-refractivity contribution in [2.24, 2.45) is 0 Å². The molecule has 4 nitrogen and oxygen atoms in total. The van der Waals surface area contributed by atoms with Gasteiger partial charge in [-0.25, -0.2) is 0 Å². The molecule has 2 aromatic rings. The molecule has 138 valence electrons. The number of hydrogen-bond donors (Lipinski definition) is 1. The van der Waals surface area contributed by atoms with E-state index in [1.165, 1.54) is 24.1 Å². The Labute approximate surface area is 156 Å². The predicted molar refractivity (Wildman–Crippen MR) is 106 cm³/mol. The third-order valence-electron chi connectivity index (χ3n) is 4.80. The first-order chi connectivity index (χ1) is 12.8. The molecule has 0 aliphatic carbocycles. The van der Waals surface area contributed by atoms with Crippen LogP contribution >= 0.6 is 0 Å². The fourth-order valence-corrected chi connectivity index (χ4v) is 3.42. The molecule has 1 N–H and O–H groups in total. The lowest BCUT2D eigenvalue weighted by Gasteiger charge is -2.31. The van der Waals surface area contributed by atoms with Gasteiger partial charge in [0.25, 0.3) is 5.91 Å². The fourth-order valence-electron chi connectivity index (χ4n) is 3.42. The zero-order valence-electron chi connectivity index (χ0n) is 15.5. The first-order valence-corrected chi connectivity index (χ1v) is 9.60. The van der Waals surface area contributed by atoms with Gasteiger partial charge in [0.1, 0.15) is 5.75 Å². The van der Waals surface area contributed by atoms with Crippen LogP contribution in [0.1, 0.15) is 31.7 Å². The monoisotopic (exact) mass is 352 g/mol. The van der Waals surface area contributed by atoms with Gasteiger partial charge in [-0.3, -0.25) is 4.79 Å². The highest BCUT2D eigenvalue weighted by molar-refractivity contribution is 5.81.